The molecule has 6 amide bonds. The largest absolute Gasteiger partial charge is 0.464 e. The van der Waals surface area contributed by atoms with Crippen LogP contribution >= 0.6 is 0 Å². The fourth-order valence-electron chi connectivity index (χ4n) is 9.73. The molecule has 5 aliphatic heterocycles. The molecule has 8 rings (SSSR count). The van der Waals surface area contributed by atoms with Crippen LogP contribution in [0.25, 0.3) is 11.1 Å². The lowest BCUT2D eigenvalue weighted by molar-refractivity contribution is -0.147. The highest BCUT2D eigenvalue weighted by atomic mass is 16.6. The minimum absolute atomic E-state index is 0. The first kappa shape index (κ1) is 50.5. The van der Waals surface area contributed by atoms with Crippen molar-refractivity contribution < 1.29 is 42.7 Å². The summed E-state index contributed by atoms with van der Waals surface area (Å²) in [5, 5.41) is 3.03. The molecule has 4 fully saturated rings. The number of nitrogens with zero attached hydrogens (tertiary/aromatic N) is 6. The summed E-state index contributed by atoms with van der Waals surface area (Å²) in [5.74, 6) is 0.394. The van der Waals surface area contributed by atoms with Gasteiger partial charge in [0.2, 0.25) is 11.8 Å². The first-order valence-corrected chi connectivity index (χ1v) is 23.9. The van der Waals surface area contributed by atoms with Crippen LogP contribution in [0.1, 0.15) is 102 Å². The van der Waals surface area contributed by atoms with Crippen molar-refractivity contribution in [2.45, 2.75) is 117 Å². The summed E-state index contributed by atoms with van der Waals surface area (Å²) in [7, 11) is 1.66. The van der Waals surface area contributed by atoms with Crippen LogP contribution in [-0.4, -0.2) is 143 Å². The molecule has 0 aliphatic carbocycles. The molecule has 4 saturated heterocycles. The van der Waals surface area contributed by atoms with Crippen molar-refractivity contribution in [2.24, 2.45) is 18.9 Å². The van der Waals surface area contributed by atoms with E-state index in [1.54, 1.807) is 27.8 Å². The van der Waals surface area contributed by atoms with E-state index in [1.807, 2.05) is 47.1 Å². The molecule has 0 radical (unpaired) electrons. The normalized spacial score (nSPS) is 18.9. The van der Waals surface area contributed by atoms with Gasteiger partial charge in [-0.2, -0.15) is 0 Å². The zero-order valence-electron chi connectivity index (χ0n) is 39.1. The Morgan fingerprint density at radius 2 is 1.46 bits per heavy atom. The van der Waals surface area contributed by atoms with Crippen LogP contribution < -0.4 is 11.1 Å². The van der Waals surface area contributed by atoms with Crippen molar-refractivity contribution in [3.63, 3.8) is 0 Å². The van der Waals surface area contributed by atoms with Gasteiger partial charge in [-0.05, 0) is 98.9 Å². The summed E-state index contributed by atoms with van der Waals surface area (Å²) in [5.41, 5.74) is 4.72. The molecule has 2 aromatic carbocycles. The second kappa shape index (κ2) is 23.2. The molecule has 0 unspecified atom stereocenters. The van der Waals surface area contributed by atoms with Crippen LogP contribution in [0.5, 0.6) is 0 Å². The molecule has 0 saturated carbocycles. The number of aryl methyl sites for hydroxylation is 2. The molecule has 1 N–H and O–H groups in total. The maximum atomic E-state index is 13.8. The van der Waals surface area contributed by atoms with E-state index in [0.717, 1.165) is 80.5 Å². The number of hydrogen-bond acceptors (Lipinski definition) is 10. The molecule has 1 atom stereocenters. The molecular formula is C50H71N7O10. The lowest BCUT2D eigenvalue weighted by atomic mass is 9.98. The topological polar surface area (TPSA) is 184 Å². The maximum absolute atomic E-state index is 13.8. The number of ether oxygens (including phenoxy) is 2. The van der Waals surface area contributed by atoms with Crippen LogP contribution in [0, 0.1) is 18.8 Å². The van der Waals surface area contributed by atoms with Gasteiger partial charge in [0.05, 0.1) is 18.5 Å². The first-order valence-electron chi connectivity index (χ1n) is 23.9. The summed E-state index contributed by atoms with van der Waals surface area (Å²) in [4.78, 5) is 96.3. The monoisotopic (exact) mass is 930 g/mol. The smallest absolute Gasteiger partial charge is 0.419 e. The van der Waals surface area contributed by atoms with E-state index in [9.17, 15) is 33.6 Å². The molecule has 6 heterocycles. The molecule has 0 bridgehead atoms. The molecule has 3 aromatic rings. The number of piperidine rings is 3. The third-order valence-corrected chi connectivity index (χ3v) is 13.9. The molecule has 0 spiro atoms. The standard InChI is InChI=1S/C33H41N5O6.C16H26N2O4.CH4/c1-21-8-13-36(14-9-21)30(39)28(20-23-18-22(2)29-27(19-23)43-32(41)35(29)3)44-33(42)37-15-11-25(12-16-37)38-17-10-24-6-4-5-7-26(24)34-31(38)40;1-13-6-9-18(10-7-13)15(20)4-5-16(21)22-12-11-17-8-2-3-14(17)19;/h4-7,18-19,21,25,28H,8-17,20H2,1-3H3,(H,34,40);13H,2-12H2,1H3;1H4/t28-;;/m1../s1. The second-order valence-corrected chi connectivity index (χ2v) is 18.8. The predicted molar refractivity (Wildman–Crippen MR) is 253 cm³/mol. The molecule has 17 nitrogen and oxygen atoms in total. The van der Waals surface area contributed by atoms with Gasteiger partial charge in [0.1, 0.15) is 6.61 Å². The summed E-state index contributed by atoms with van der Waals surface area (Å²) in [6, 6.07) is 11.4. The number of carbonyl (C=O) groups excluding carboxylic acids is 6. The number of urea groups is 1. The Kier molecular flexibility index (Phi) is 17.5. The number of fused-ring (bicyclic) bond motifs is 2. The molecule has 1 aromatic heterocycles. The van der Waals surface area contributed by atoms with Crippen LogP contribution in [-0.2, 0) is 48.5 Å². The summed E-state index contributed by atoms with van der Waals surface area (Å²) in [6.07, 6.45) is 6.41. The van der Waals surface area contributed by atoms with Crippen LogP contribution in [0.15, 0.2) is 45.6 Å². The lowest BCUT2D eigenvalue weighted by Gasteiger charge is -2.38. The van der Waals surface area contributed by atoms with Crippen LogP contribution in [0.2, 0.25) is 0 Å². The van der Waals surface area contributed by atoms with Crippen molar-refractivity contribution in [1.29, 1.82) is 0 Å². The highest BCUT2D eigenvalue weighted by molar-refractivity contribution is 5.91. The predicted octanol–water partition coefficient (Wildman–Crippen LogP) is 6.13. The Hall–Kier alpha value is -5.87. The van der Waals surface area contributed by atoms with Crippen LogP contribution in [0.4, 0.5) is 15.3 Å². The van der Waals surface area contributed by atoms with Gasteiger partial charge in [0, 0.05) is 90.4 Å². The lowest BCUT2D eigenvalue weighted by Crippen LogP contribution is -2.51. The minimum Gasteiger partial charge on any atom is -0.464 e. The number of hydrogen-bond donors (Lipinski definition) is 1. The van der Waals surface area contributed by atoms with Crippen molar-refractivity contribution in [1.82, 2.24) is 29.1 Å². The minimum atomic E-state index is -1.00. The molecule has 366 valence electrons. The van der Waals surface area contributed by atoms with E-state index in [1.165, 1.54) is 4.57 Å². The highest BCUT2D eigenvalue weighted by Crippen LogP contribution is 2.27. The third kappa shape index (κ3) is 13.0. The number of oxazole rings is 1. The second-order valence-electron chi connectivity index (χ2n) is 18.8. The highest BCUT2D eigenvalue weighted by Gasteiger charge is 2.36. The molecule has 5 aliphatic rings. The summed E-state index contributed by atoms with van der Waals surface area (Å²) < 4.78 is 18.0. The van der Waals surface area contributed by atoms with E-state index in [-0.39, 0.29) is 69.1 Å². The van der Waals surface area contributed by atoms with Crippen LogP contribution in [0.3, 0.4) is 0 Å². The van der Waals surface area contributed by atoms with Gasteiger partial charge >= 0.3 is 23.8 Å². The maximum Gasteiger partial charge on any atom is 0.419 e. The molecule has 17 heteroatoms. The Morgan fingerprint density at radius 1 is 0.806 bits per heavy atom. The number of esters is 1. The van der Waals surface area contributed by atoms with Crippen molar-refractivity contribution in [2.75, 3.05) is 70.8 Å². The van der Waals surface area contributed by atoms with E-state index < -0.39 is 18.0 Å². The average Bonchev–Trinajstić information content (AvgIpc) is 3.79. The summed E-state index contributed by atoms with van der Waals surface area (Å²) >= 11 is 0. The van der Waals surface area contributed by atoms with E-state index in [0.29, 0.717) is 81.5 Å². The SMILES string of the molecule is C.CC1CCN(C(=O)CCC(=O)OCCN2CCCC2=O)CC1.Cc1cc(C[C@@H](OC(=O)N2CCC(N3CCc4ccccc4NC3=O)CC2)C(=O)N2CCC(C)CC2)cc2oc(=O)n(C)c12. The summed E-state index contributed by atoms with van der Waals surface area (Å²) in [6.45, 7) is 12.1. The number of aromatic nitrogens is 1. The number of para-hydroxylation sites is 1. The first-order chi connectivity index (χ1) is 31.7. The van der Waals surface area contributed by atoms with Gasteiger partial charge in [-0.1, -0.05) is 45.5 Å². The molecule has 67 heavy (non-hydrogen) atoms. The van der Waals surface area contributed by atoms with Crippen molar-refractivity contribution >= 4 is 52.6 Å². The van der Waals surface area contributed by atoms with Gasteiger partial charge in [-0.25, -0.2) is 14.4 Å². The number of amides is 6. The number of benzene rings is 2. The van der Waals surface area contributed by atoms with Gasteiger partial charge in [-0.3, -0.25) is 23.7 Å². The van der Waals surface area contributed by atoms with Gasteiger partial charge in [0.25, 0.3) is 5.91 Å². The van der Waals surface area contributed by atoms with E-state index in [2.05, 4.69) is 19.2 Å². The number of likely N-dealkylation sites (tertiary alicyclic amines) is 4. The Balaban J connectivity index is 0.000000272. The fraction of sp³-hybridized carbons (Fsp3) is 0.620. The Labute approximate surface area is 394 Å². The van der Waals surface area contributed by atoms with E-state index >= 15 is 0 Å². The van der Waals surface area contributed by atoms with Gasteiger partial charge in [-0.15, -0.1) is 0 Å². The fourth-order valence-corrected chi connectivity index (χ4v) is 9.73. The quantitative estimate of drug-likeness (QED) is 0.220. The zero-order valence-corrected chi connectivity index (χ0v) is 39.1. The molecular weight excluding hydrogens is 859 g/mol. The van der Waals surface area contributed by atoms with E-state index in [4.69, 9.17) is 13.9 Å². The number of carbonyl (C=O) groups is 6. The Morgan fingerprint density at radius 3 is 2.13 bits per heavy atom. The van der Waals surface area contributed by atoms with Gasteiger partial charge in [0.15, 0.2) is 11.7 Å². The number of nitrogens with one attached hydrogen (secondary N) is 1. The van der Waals surface area contributed by atoms with Crippen molar-refractivity contribution in [3.05, 3.63) is 63.6 Å². The third-order valence-electron chi connectivity index (χ3n) is 13.9. The zero-order chi connectivity index (χ0) is 46.9. The average molecular weight is 930 g/mol. The Bertz CT molecular complexity index is 2280. The number of rotatable bonds is 11. The number of anilines is 1. The van der Waals surface area contributed by atoms with Gasteiger partial charge < -0.3 is 43.7 Å². The van der Waals surface area contributed by atoms with Crippen molar-refractivity contribution in [3.8, 4) is 0 Å².